The smallest absolute Gasteiger partial charge is 0.327 e. The van der Waals surface area contributed by atoms with Gasteiger partial charge in [0.1, 0.15) is 24.7 Å². The summed E-state index contributed by atoms with van der Waals surface area (Å²) in [6, 6.07) is 5.63. The third-order valence-corrected chi connectivity index (χ3v) is 7.94. The summed E-state index contributed by atoms with van der Waals surface area (Å²) in [6.07, 6.45) is 2.82. The summed E-state index contributed by atoms with van der Waals surface area (Å²) < 4.78 is 4.81. The Morgan fingerprint density at radius 2 is 1.14 bits per heavy atom. The number of cyclic esters (lactones) is 1. The molecule has 7 rings (SSSR count). The second-order valence-corrected chi connectivity index (χ2v) is 12.9. The highest BCUT2D eigenvalue weighted by Crippen LogP contribution is 2.34. The molecule has 20 nitrogen and oxygen atoms in total. The molecule has 2 aliphatic heterocycles. The van der Waals surface area contributed by atoms with Crippen molar-refractivity contribution in [3.63, 3.8) is 0 Å². The van der Waals surface area contributed by atoms with Gasteiger partial charge < -0.3 is 25.2 Å². The van der Waals surface area contributed by atoms with Gasteiger partial charge in [-0.2, -0.15) is 0 Å². The zero-order chi connectivity index (χ0) is 41.5. The minimum atomic E-state index is -0.928. The second kappa shape index (κ2) is 21.1. The van der Waals surface area contributed by atoms with Crippen molar-refractivity contribution in [2.75, 3.05) is 54.8 Å². The molecular formula is C36H45N9O11. The number of ketones is 4. The van der Waals surface area contributed by atoms with E-state index in [1.807, 2.05) is 64.6 Å². The number of anilines is 3. The van der Waals surface area contributed by atoms with Crippen LogP contribution in [0.3, 0.4) is 0 Å². The van der Waals surface area contributed by atoms with Crippen LogP contribution in [0.25, 0.3) is 0 Å². The van der Waals surface area contributed by atoms with Crippen molar-refractivity contribution in [1.82, 2.24) is 29.9 Å². The second-order valence-electron chi connectivity index (χ2n) is 12.9. The van der Waals surface area contributed by atoms with Gasteiger partial charge in [0.05, 0.1) is 12.8 Å². The molecule has 3 aromatic rings. The standard InChI is InChI=1S/C13H15N3O2.C9H11N3O2.C8H11N3O2.C5H4O2.CH4O3/c1-7-3-8(2)15-13(14-7)16-5-9-10(6-16)12(18)4-11(9)17;1-6-3-7(2)11-9(10-6)12-4-8(13)14-5-12;1-5-3-6(2)11-8(10-5)9-4-7(12)13;6-4-1-2-5(7)3-4;2-1-4-3/h3,9-10H,4-6H2,1-2H3;3H,4-5H2,1-2H3;3H,4H2,1-2H3,(H,12,13)(H,9,10,11);1-2H,3H2;2-3H,1H2/t9-,10+;;;;. The Kier molecular flexibility index (Phi) is 16.7. The van der Waals surface area contributed by atoms with E-state index in [1.54, 1.807) is 4.90 Å². The molecule has 0 radical (unpaired) electrons. The van der Waals surface area contributed by atoms with Gasteiger partial charge in [-0.05, 0) is 71.9 Å². The molecule has 2 aliphatic carbocycles. The van der Waals surface area contributed by atoms with Crippen molar-refractivity contribution in [1.29, 1.82) is 0 Å². The Morgan fingerprint density at radius 1 is 0.732 bits per heavy atom. The van der Waals surface area contributed by atoms with Crippen molar-refractivity contribution in [3.05, 3.63) is 64.5 Å². The van der Waals surface area contributed by atoms with Crippen LogP contribution in [0.2, 0.25) is 0 Å². The van der Waals surface area contributed by atoms with Gasteiger partial charge in [-0.3, -0.25) is 33.7 Å². The molecule has 300 valence electrons. The number of carboxylic acids is 1. The van der Waals surface area contributed by atoms with Crippen LogP contribution in [0, 0.1) is 53.4 Å². The van der Waals surface area contributed by atoms with Gasteiger partial charge in [-0.25, -0.2) is 40.0 Å². The molecule has 0 amide bonds. The molecule has 0 bridgehead atoms. The maximum absolute atomic E-state index is 11.7. The molecule has 56 heavy (non-hydrogen) atoms. The van der Waals surface area contributed by atoms with Gasteiger partial charge in [-0.15, -0.1) is 0 Å². The molecule has 2 atom stereocenters. The van der Waals surface area contributed by atoms with Crippen molar-refractivity contribution in [3.8, 4) is 0 Å². The average molecular weight is 780 g/mol. The summed E-state index contributed by atoms with van der Waals surface area (Å²) in [7, 11) is 0. The van der Waals surface area contributed by atoms with Crippen molar-refractivity contribution >= 4 is 52.9 Å². The Bertz CT molecular complexity index is 1860. The minimum absolute atomic E-state index is 0.0787. The van der Waals surface area contributed by atoms with Crippen LogP contribution in [0.15, 0.2) is 30.4 Å². The number of nitrogens with one attached hydrogen (secondary N) is 1. The van der Waals surface area contributed by atoms with Crippen LogP contribution >= 0.6 is 0 Å². The van der Waals surface area contributed by atoms with Gasteiger partial charge >= 0.3 is 11.9 Å². The summed E-state index contributed by atoms with van der Waals surface area (Å²) in [5.41, 5.74) is 5.25. The lowest BCUT2D eigenvalue weighted by atomic mass is 10.00. The fourth-order valence-electron chi connectivity index (χ4n) is 5.71. The van der Waals surface area contributed by atoms with Gasteiger partial charge in [0.15, 0.2) is 25.1 Å². The maximum atomic E-state index is 11.7. The first-order valence-electron chi connectivity index (χ1n) is 17.2. The fraction of sp³-hybridized carbons (Fsp3) is 0.444. The largest absolute Gasteiger partial charge is 0.480 e. The number of carboxylic acid groups (broad SMARTS) is 1. The predicted molar refractivity (Wildman–Crippen MR) is 197 cm³/mol. The quantitative estimate of drug-likeness (QED) is 0.0899. The van der Waals surface area contributed by atoms with E-state index in [-0.39, 0.29) is 73.6 Å². The van der Waals surface area contributed by atoms with Gasteiger partial charge in [0.2, 0.25) is 17.8 Å². The summed E-state index contributed by atoms with van der Waals surface area (Å²) >= 11 is 0. The van der Waals surface area contributed by atoms with Crippen LogP contribution in [0.5, 0.6) is 0 Å². The first kappa shape index (κ1) is 44.3. The number of aryl methyl sites for hydroxylation is 6. The normalized spacial score (nSPS) is 17.8. The topological polar surface area (TPSA) is 277 Å². The molecular weight excluding hydrogens is 734 g/mol. The SMILES string of the molecule is Cc1cc(C)nc(N2COC(=O)C2)n1.Cc1cc(C)nc(N2C[C@@H]3C(=O)CC(=O)[C@@H]3C2)n1.Cc1cc(C)nc(NCC(=O)O)n1.O=C1C=CC(=O)C1.OCOO. The third kappa shape index (κ3) is 14.3. The number of hydrogen-bond donors (Lipinski definition) is 4. The van der Waals surface area contributed by atoms with E-state index >= 15 is 0 Å². The number of aliphatic carboxylic acids is 1. The number of aliphatic hydroxyl groups excluding tert-OH is 1. The highest BCUT2D eigenvalue weighted by atomic mass is 17.1. The minimum Gasteiger partial charge on any atom is -0.480 e. The molecule has 1 saturated carbocycles. The number of aromatic nitrogens is 6. The number of carbonyl (C=O) groups excluding carboxylic acids is 5. The molecule has 20 heteroatoms. The number of esters is 1. The van der Waals surface area contributed by atoms with E-state index in [0.717, 1.165) is 34.2 Å². The van der Waals surface area contributed by atoms with Crippen LogP contribution < -0.4 is 15.1 Å². The molecule has 4 aliphatic rings. The van der Waals surface area contributed by atoms with E-state index in [9.17, 15) is 28.8 Å². The van der Waals surface area contributed by atoms with Crippen LogP contribution in [0.4, 0.5) is 17.8 Å². The molecule has 4 N–H and O–H groups in total. The van der Waals surface area contributed by atoms with Crippen LogP contribution in [-0.2, 0) is 38.4 Å². The molecule has 0 aromatic carbocycles. The number of Topliss-reactive ketones (excluding diaryl/α,β-unsaturated/α-hetero) is 2. The summed E-state index contributed by atoms with van der Waals surface area (Å²) in [6.45, 7) is 12.2. The lowest BCUT2D eigenvalue weighted by Crippen LogP contribution is -2.26. The van der Waals surface area contributed by atoms with E-state index in [4.69, 9.17) is 20.2 Å². The van der Waals surface area contributed by atoms with Crippen LogP contribution in [0.1, 0.15) is 47.0 Å². The Balaban J connectivity index is 0.000000201. The lowest BCUT2D eigenvalue weighted by molar-refractivity contribution is -0.285. The van der Waals surface area contributed by atoms with Crippen molar-refractivity contribution in [2.45, 2.75) is 54.4 Å². The number of rotatable bonds is 6. The molecule has 5 heterocycles. The summed E-state index contributed by atoms with van der Waals surface area (Å²) in [4.78, 5) is 96.8. The van der Waals surface area contributed by atoms with Crippen molar-refractivity contribution < 1.29 is 53.9 Å². The number of carbonyl (C=O) groups is 6. The summed E-state index contributed by atoms with van der Waals surface area (Å²) in [5.74, 6) is 0.138. The monoisotopic (exact) mass is 779 g/mol. The van der Waals surface area contributed by atoms with Gasteiger partial charge in [-0.1, -0.05) is 0 Å². The van der Waals surface area contributed by atoms with E-state index in [2.05, 4.69) is 40.1 Å². The zero-order valence-electron chi connectivity index (χ0n) is 31.9. The highest BCUT2D eigenvalue weighted by Gasteiger charge is 2.48. The van der Waals surface area contributed by atoms with E-state index in [0.29, 0.717) is 30.9 Å². The number of hydrogen-bond acceptors (Lipinski definition) is 19. The van der Waals surface area contributed by atoms with Gasteiger partial charge in [0, 0.05) is 59.1 Å². The number of ether oxygens (including phenoxy) is 1. The maximum Gasteiger partial charge on any atom is 0.327 e. The molecule has 2 saturated heterocycles. The molecule has 3 fully saturated rings. The predicted octanol–water partition coefficient (Wildman–Crippen LogP) is 1.20. The molecule has 0 unspecified atom stereocenters. The van der Waals surface area contributed by atoms with E-state index in [1.165, 1.54) is 12.2 Å². The highest BCUT2D eigenvalue weighted by molar-refractivity contribution is 6.16. The average Bonchev–Trinajstić information content (AvgIpc) is 3.90. The zero-order valence-corrected chi connectivity index (χ0v) is 31.9. The number of fused-ring (bicyclic) bond motifs is 1. The number of nitrogens with zero attached hydrogens (tertiary/aromatic N) is 8. The first-order valence-corrected chi connectivity index (χ1v) is 17.2. The Labute approximate surface area is 322 Å². The van der Waals surface area contributed by atoms with E-state index < -0.39 is 12.8 Å². The lowest BCUT2D eigenvalue weighted by Gasteiger charge is -2.17. The third-order valence-electron chi connectivity index (χ3n) is 7.94. The van der Waals surface area contributed by atoms with Crippen LogP contribution in [-0.4, -0.2) is 120 Å². The molecule has 0 spiro atoms. The summed E-state index contributed by atoms with van der Waals surface area (Å²) in [5, 5.41) is 25.5. The Morgan fingerprint density at radius 3 is 1.48 bits per heavy atom. The Hall–Kier alpha value is -6.12. The number of aliphatic hydroxyl groups is 1. The fourth-order valence-corrected chi connectivity index (χ4v) is 5.71. The van der Waals surface area contributed by atoms with Gasteiger partial charge in [0.25, 0.3) is 0 Å². The molecule has 3 aromatic heterocycles. The first-order chi connectivity index (χ1) is 26.5. The van der Waals surface area contributed by atoms with Crippen molar-refractivity contribution in [2.24, 2.45) is 11.8 Å². The number of allylic oxidation sites excluding steroid dienone is 2.